The highest BCUT2D eigenvalue weighted by molar-refractivity contribution is 7.99. The third kappa shape index (κ3) is 1.76. The zero-order valence-electron chi connectivity index (χ0n) is 9.60. The van der Waals surface area contributed by atoms with Crippen molar-refractivity contribution >= 4 is 17.7 Å². The number of carbonyl (C=O) groups is 1. The Labute approximate surface area is 101 Å². The largest absolute Gasteiger partial charge is 0.336 e. The fraction of sp³-hybridized carbons (Fsp3) is 0.917. The summed E-state index contributed by atoms with van der Waals surface area (Å²) in [5, 5.41) is 0. The van der Waals surface area contributed by atoms with Crippen molar-refractivity contribution in [1.82, 2.24) is 4.90 Å². The zero-order valence-corrected chi connectivity index (χ0v) is 10.4. The molecule has 0 radical (unpaired) electrons. The second kappa shape index (κ2) is 4.22. The van der Waals surface area contributed by atoms with Crippen LogP contribution in [-0.4, -0.2) is 40.4 Å². The molecule has 3 saturated heterocycles. The Bertz CT molecular complexity index is 277. The van der Waals surface area contributed by atoms with E-state index in [0.717, 1.165) is 25.0 Å². The Morgan fingerprint density at radius 3 is 2.44 bits per heavy atom. The Morgan fingerprint density at radius 1 is 1.19 bits per heavy atom. The minimum Gasteiger partial charge on any atom is -0.336 e. The maximum Gasteiger partial charge on any atom is 0.227 e. The van der Waals surface area contributed by atoms with E-state index in [1.807, 2.05) is 11.8 Å². The maximum atomic E-state index is 12.4. The molecule has 2 bridgehead atoms. The van der Waals surface area contributed by atoms with E-state index >= 15 is 0 Å². The van der Waals surface area contributed by atoms with Crippen molar-refractivity contribution in [3.63, 3.8) is 0 Å². The average Bonchev–Trinajstić information content (AvgIpc) is 2.85. The molecule has 0 saturated carbocycles. The van der Waals surface area contributed by atoms with E-state index in [9.17, 15) is 4.79 Å². The average molecular weight is 240 g/mol. The summed E-state index contributed by atoms with van der Waals surface area (Å²) >= 11 is 1.93. The van der Waals surface area contributed by atoms with E-state index in [4.69, 9.17) is 5.73 Å². The molecule has 0 aromatic heterocycles. The summed E-state index contributed by atoms with van der Waals surface area (Å²) in [5.41, 5.74) is 6.03. The van der Waals surface area contributed by atoms with E-state index in [2.05, 4.69) is 4.90 Å². The van der Waals surface area contributed by atoms with E-state index < -0.39 is 0 Å². The Kier molecular flexibility index (Phi) is 2.88. The molecule has 3 rings (SSSR count). The van der Waals surface area contributed by atoms with Crippen LogP contribution in [0.3, 0.4) is 0 Å². The van der Waals surface area contributed by atoms with Crippen molar-refractivity contribution in [2.45, 2.75) is 50.2 Å². The number of fused-ring (bicyclic) bond motifs is 2. The van der Waals surface area contributed by atoms with E-state index in [1.165, 1.54) is 18.6 Å². The van der Waals surface area contributed by atoms with Crippen molar-refractivity contribution in [1.29, 1.82) is 0 Å². The molecule has 3 aliphatic heterocycles. The predicted octanol–water partition coefficient (Wildman–Crippen LogP) is 1.22. The van der Waals surface area contributed by atoms with Gasteiger partial charge in [-0.05, 0) is 37.9 Å². The number of nitrogens with zero attached hydrogens (tertiary/aromatic N) is 1. The highest BCUT2D eigenvalue weighted by Crippen LogP contribution is 2.37. The molecule has 3 unspecified atom stereocenters. The molecule has 0 spiro atoms. The van der Waals surface area contributed by atoms with Crippen LogP contribution in [-0.2, 0) is 4.79 Å². The summed E-state index contributed by atoms with van der Waals surface area (Å²) in [6.07, 6.45) is 5.52. The van der Waals surface area contributed by atoms with Gasteiger partial charge >= 0.3 is 0 Å². The minimum absolute atomic E-state index is 0.308. The topological polar surface area (TPSA) is 46.3 Å². The number of amides is 1. The first kappa shape index (κ1) is 10.9. The number of piperidine rings is 1. The van der Waals surface area contributed by atoms with Gasteiger partial charge in [0.05, 0.1) is 0 Å². The lowest BCUT2D eigenvalue weighted by atomic mass is 9.96. The van der Waals surface area contributed by atoms with Crippen LogP contribution in [0.15, 0.2) is 0 Å². The molecule has 3 nitrogen and oxygen atoms in total. The van der Waals surface area contributed by atoms with Crippen molar-refractivity contribution < 1.29 is 4.79 Å². The summed E-state index contributed by atoms with van der Waals surface area (Å²) < 4.78 is 0. The summed E-state index contributed by atoms with van der Waals surface area (Å²) in [5.74, 6) is 2.95. The van der Waals surface area contributed by atoms with Gasteiger partial charge in [-0.15, -0.1) is 0 Å². The van der Waals surface area contributed by atoms with Gasteiger partial charge in [0.1, 0.15) is 0 Å². The molecule has 0 aromatic carbocycles. The summed E-state index contributed by atoms with van der Waals surface area (Å²) in [6, 6.07) is 1.26. The molecule has 90 valence electrons. The molecule has 16 heavy (non-hydrogen) atoms. The van der Waals surface area contributed by atoms with Gasteiger partial charge in [-0.25, -0.2) is 0 Å². The van der Waals surface area contributed by atoms with Crippen LogP contribution in [0, 0.1) is 5.92 Å². The highest BCUT2D eigenvalue weighted by Gasteiger charge is 2.44. The molecule has 4 heteroatoms. The summed E-state index contributed by atoms with van der Waals surface area (Å²) in [6.45, 7) is 0. The molecule has 3 heterocycles. The zero-order chi connectivity index (χ0) is 11.1. The van der Waals surface area contributed by atoms with Crippen molar-refractivity contribution in [3.8, 4) is 0 Å². The van der Waals surface area contributed by atoms with Crippen molar-refractivity contribution in [3.05, 3.63) is 0 Å². The fourth-order valence-corrected chi connectivity index (χ4v) is 4.73. The van der Waals surface area contributed by atoms with Gasteiger partial charge < -0.3 is 10.6 Å². The number of hydrogen-bond donors (Lipinski definition) is 1. The van der Waals surface area contributed by atoms with Crippen LogP contribution in [0.1, 0.15) is 32.1 Å². The van der Waals surface area contributed by atoms with E-state index in [1.54, 1.807) is 0 Å². The van der Waals surface area contributed by atoms with Crippen LogP contribution >= 0.6 is 11.8 Å². The van der Waals surface area contributed by atoms with Crippen LogP contribution in [0.25, 0.3) is 0 Å². The van der Waals surface area contributed by atoms with Gasteiger partial charge in [0, 0.05) is 29.8 Å². The van der Waals surface area contributed by atoms with Gasteiger partial charge in [0.2, 0.25) is 5.91 Å². The summed E-state index contributed by atoms with van der Waals surface area (Å²) in [4.78, 5) is 14.6. The normalized spacial score (nSPS) is 42.7. The molecule has 0 aliphatic carbocycles. The first-order chi connectivity index (χ1) is 7.75. The Balaban J connectivity index is 1.72. The van der Waals surface area contributed by atoms with Gasteiger partial charge in [-0.3, -0.25) is 4.79 Å². The Hall–Kier alpha value is -0.220. The number of thioether (sulfide) groups is 1. The van der Waals surface area contributed by atoms with Crippen molar-refractivity contribution in [2.24, 2.45) is 11.7 Å². The van der Waals surface area contributed by atoms with Crippen LogP contribution < -0.4 is 5.73 Å². The molecule has 3 atom stereocenters. The standard InChI is InChI=1S/C12H20N2OS/c13-9-5-10-1-2-11(6-9)14(10)12(15)8-3-4-16-7-8/h8-11H,1-7,13H2. The lowest BCUT2D eigenvalue weighted by molar-refractivity contribution is -0.139. The number of nitrogens with two attached hydrogens (primary N) is 1. The Morgan fingerprint density at radius 2 is 1.88 bits per heavy atom. The van der Waals surface area contributed by atoms with Gasteiger partial charge in [0.25, 0.3) is 0 Å². The lowest BCUT2D eigenvalue weighted by Gasteiger charge is -2.39. The number of hydrogen-bond acceptors (Lipinski definition) is 3. The summed E-state index contributed by atoms with van der Waals surface area (Å²) in [7, 11) is 0. The second-order valence-corrected chi connectivity index (χ2v) is 6.57. The fourth-order valence-electron chi connectivity index (χ4n) is 3.52. The smallest absolute Gasteiger partial charge is 0.227 e. The molecular formula is C12H20N2OS. The molecule has 3 aliphatic rings. The number of carbonyl (C=O) groups excluding carboxylic acids is 1. The molecule has 3 fully saturated rings. The highest BCUT2D eigenvalue weighted by atomic mass is 32.2. The van der Waals surface area contributed by atoms with Gasteiger partial charge in [-0.2, -0.15) is 11.8 Å². The third-order valence-electron chi connectivity index (χ3n) is 4.30. The molecule has 0 aromatic rings. The lowest BCUT2D eigenvalue weighted by Crippen LogP contribution is -2.52. The monoisotopic (exact) mass is 240 g/mol. The molecular weight excluding hydrogens is 220 g/mol. The third-order valence-corrected chi connectivity index (χ3v) is 5.47. The molecule has 2 N–H and O–H groups in total. The molecule has 1 amide bonds. The first-order valence-electron chi connectivity index (χ1n) is 6.41. The van der Waals surface area contributed by atoms with Crippen LogP contribution in [0.5, 0.6) is 0 Å². The van der Waals surface area contributed by atoms with Gasteiger partial charge in [-0.1, -0.05) is 0 Å². The second-order valence-electron chi connectivity index (χ2n) is 5.42. The quantitative estimate of drug-likeness (QED) is 0.749. The minimum atomic E-state index is 0.308. The van der Waals surface area contributed by atoms with Gasteiger partial charge in [0.15, 0.2) is 0 Å². The van der Waals surface area contributed by atoms with E-state index in [-0.39, 0.29) is 0 Å². The first-order valence-corrected chi connectivity index (χ1v) is 7.56. The number of rotatable bonds is 1. The van der Waals surface area contributed by atoms with E-state index in [0.29, 0.717) is 30.0 Å². The van der Waals surface area contributed by atoms with Crippen molar-refractivity contribution in [2.75, 3.05) is 11.5 Å². The van der Waals surface area contributed by atoms with Crippen LogP contribution in [0.2, 0.25) is 0 Å². The SMILES string of the molecule is NC1CC2CCC(C1)N2C(=O)C1CCSC1. The van der Waals surface area contributed by atoms with Crippen LogP contribution in [0.4, 0.5) is 0 Å². The maximum absolute atomic E-state index is 12.4. The predicted molar refractivity (Wildman–Crippen MR) is 66.3 cm³/mol.